The Kier molecular flexibility index (Phi) is 3.66. The summed E-state index contributed by atoms with van der Waals surface area (Å²) in [7, 11) is 0. The summed E-state index contributed by atoms with van der Waals surface area (Å²) in [4.78, 5) is 16.7. The van der Waals surface area contributed by atoms with Gasteiger partial charge in [0.25, 0.3) is 5.91 Å². The molecule has 0 saturated carbocycles. The van der Waals surface area contributed by atoms with Gasteiger partial charge < -0.3 is 4.90 Å². The van der Waals surface area contributed by atoms with Crippen LogP contribution in [0.5, 0.6) is 0 Å². The van der Waals surface area contributed by atoms with Crippen molar-refractivity contribution in [1.82, 2.24) is 20.0 Å². The first kappa shape index (κ1) is 12.8. The van der Waals surface area contributed by atoms with Crippen molar-refractivity contribution in [2.45, 2.75) is 25.3 Å². The lowest BCUT2D eigenvalue weighted by molar-refractivity contribution is 0.0773. The first-order valence-electron chi connectivity index (χ1n) is 6.76. The van der Waals surface area contributed by atoms with Gasteiger partial charge in [-0.3, -0.25) is 9.69 Å². The molecule has 1 aromatic rings. The lowest BCUT2D eigenvalue weighted by atomic mass is 10.2. The van der Waals surface area contributed by atoms with E-state index in [4.69, 9.17) is 11.6 Å². The Labute approximate surface area is 117 Å². The first-order valence-corrected chi connectivity index (χ1v) is 7.14. The summed E-state index contributed by atoms with van der Waals surface area (Å²) in [5.41, 5.74) is 0.381. The van der Waals surface area contributed by atoms with Crippen molar-refractivity contribution in [2.75, 3.05) is 26.2 Å². The number of carbonyl (C=O) groups is 1. The number of hydrogen-bond donors (Lipinski definition) is 0. The maximum absolute atomic E-state index is 12.3. The molecule has 0 radical (unpaired) electrons. The normalized spacial score (nSPS) is 24.1. The molecular weight excluding hydrogens is 264 g/mol. The van der Waals surface area contributed by atoms with Gasteiger partial charge in [0, 0.05) is 19.1 Å². The van der Waals surface area contributed by atoms with Gasteiger partial charge in [0.1, 0.15) is 0 Å². The smallest absolute Gasteiger partial charge is 0.274 e. The van der Waals surface area contributed by atoms with Gasteiger partial charge in [0.2, 0.25) is 0 Å². The number of aromatic nitrogens is 2. The third kappa shape index (κ3) is 2.72. The topological polar surface area (TPSA) is 49.3 Å². The molecule has 102 valence electrons. The van der Waals surface area contributed by atoms with Crippen LogP contribution in [0.25, 0.3) is 0 Å². The second-order valence-corrected chi connectivity index (χ2v) is 5.57. The molecule has 2 saturated heterocycles. The van der Waals surface area contributed by atoms with Crippen LogP contribution in [0.4, 0.5) is 0 Å². The molecule has 3 rings (SSSR count). The van der Waals surface area contributed by atoms with Crippen molar-refractivity contribution >= 4 is 17.5 Å². The summed E-state index contributed by atoms with van der Waals surface area (Å²) in [5, 5.41) is 7.90. The highest BCUT2D eigenvalue weighted by atomic mass is 35.5. The van der Waals surface area contributed by atoms with E-state index in [0.717, 1.165) is 19.5 Å². The van der Waals surface area contributed by atoms with Crippen LogP contribution in [0.1, 0.15) is 29.8 Å². The summed E-state index contributed by atoms with van der Waals surface area (Å²) >= 11 is 5.68. The molecule has 6 heteroatoms. The SMILES string of the molecule is O=C(c1ccc(Cl)nn1)N1CCC(N2CCCC2)C1. The Bertz CT molecular complexity index is 458. The van der Waals surface area contributed by atoms with Crippen LogP contribution in [-0.4, -0.2) is 58.1 Å². The molecule has 1 aromatic heterocycles. The quantitative estimate of drug-likeness (QED) is 0.823. The zero-order chi connectivity index (χ0) is 13.2. The second-order valence-electron chi connectivity index (χ2n) is 5.18. The fraction of sp³-hybridized carbons (Fsp3) is 0.615. The van der Waals surface area contributed by atoms with E-state index in [-0.39, 0.29) is 5.91 Å². The van der Waals surface area contributed by atoms with Crippen molar-refractivity contribution in [1.29, 1.82) is 0 Å². The van der Waals surface area contributed by atoms with Crippen LogP contribution in [0, 0.1) is 0 Å². The third-order valence-corrected chi connectivity index (χ3v) is 4.16. The first-order chi connectivity index (χ1) is 9.24. The summed E-state index contributed by atoms with van der Waals surface area (Å²) < 4.78 is 0. The standard InChI is InChI=1S/C13H17ClN4O/c14-12-4-3-11(15-16-12)13(19)18-8-5-10(9-18)17-6-1-2-7-17/h3-4,10H,1-2,5-9H2. The molecule has 1 atom stereocenters. The van der Waals surface area contributed by atoms with Crippen LogP contribution in [0.2, 0.25) is 5.15 Å². The maximum atomic E-state index is 12.3. The van der Waals surface area contributed by atoms with E-state index in [1.165, 1.54) is 25.9 Å². The highest BCUT2D eigenvalue weighted by Crippen LogP contribution is 2.21. The third-order valence-electron chi connectivity index (χ3n) is 3.96. The number of amides is 1. The van der Waals surface area contributed by atoms with E-state index in [1.54, 1.807) is 12.1 Å². The Morgan fingerprint density at radius 1 is 1.21 bits per heavy atom. The molecule has 3 heterocycles. The van der Waals surface area contributed by atoms with E-state index >= 15 is 0 Å². The van der Waals surface area contributed by atoms with E-state index in [0.29, 0.717) is 16.9 Å². The predicted molar refractivity (Wildman–Crippen MR) is 72.2 cm³/mol. The highest BCUT2D eigenvalue weighted by Gasteiger charge is 2.32. The molecule has 0 aromatic carbocycles. The fourth-order valence-electron chi connectivity index (χ4n) is 2.92. The Balaban J connectivity index is 1.63. The molecule has 19 heavy (non-hydrogen) atoms. The van der Waals surface area contributed by atoms with Crippen LogP contribution < -0.4 is 0 Å². The minimum Gasteiger partial charge on any atom is -0.336 e. The van der Waals surface area contributed by atoms with Gasteiger partial charge in [-0.2, -0.15) is 0 Å². The van der Waals surface area contributed by atoms with E-state index in [9.17, 15) is 4.79 Å². The molecule has 0 spiro atoms. The van der Waals surface area contributed by atoms with E-state index in [2.05, 4.69) is 15.1 Å². The number of carbonyl (C=O) groups excluding carboxylic acids is 1. The summed E-state index contributed by atoms with van der Waals surface area (Å²) in [6, 6.07) is 3.77. The van der Waals surface area contributed by atoms with Crippen molar-refractivity contribution in [3.8, 4) is 0 Å². The zero-order valence-electron chi connectivity index (χ0n) is 10.8. The van der Waals surface area contributed by atoms with Crippen LogP contribution >= 0.6 is 11.6 Å². The number of hydrogen-bond acceptors (Lipinski definition) is 4. The molecule has 2 aliphatic heterocycles. The van der Waals surface area contributed by atoms with Crippen LogP contribution in [0.15, 0.2) is 12.1 Å². The Morgan fingerprint density at radius 2 is 2.00 bits per heavy atom. The predicted octanol–water partition coefficient (Wildman–Crippen LogP) is 1.44. The minimum atomic E-state index is -0.0362. The largest absolute Gasteiger partial charge is 0.336 e. The lowest BCUT2D eigenvalue weighted by Crippen LogP contribution is -2.37. The van der Waals surface area contributed by atoms with E-state index in [1.807, 2.05) is 4.90 Å². The number of rotatable bonds is 2. The van der Waals surface area contributed by atoms with Crippen molar-refractivity contribution in [3.05, 3.63) is 23.0 Å². The fourth-order valence-corrected chi connectivity index (χ4v) is 3.02. The molecule has 2 aliphatic rings. The molecule has 0 N–H and O–H groups in total. The maximum Gasteiger partial charge on any atom is 0.274 e. The number of nitrogens with zero attached hydrogens (tertiary/aromatic N) is 4. The molecule has 1 unspecified atom stereocenters. The molecule has 0 aliphatic carbocycles. The highest BCUT2D eigenvalue weighted by molar-refractivity contribution is 6.29. The van der Waals surface area contributed by atoms with Crippen molar-refractivity contribution < 1.29 is 4.79 Å². The van der Waals surface area contributed by atoms with Gasteiger partial charge in [0.05, 0.1) is 0 Å². The van der Waals surface area contributed by atoms with Gasteiger partial charge in [-0.15, -0.1) is 10.2 Å². The molecule has 1 amide bonds. The van der Waals surface area contributed by atoms with Gasteiger partial charge >= 0.3 is 0 Å². The van der Waals surface area contributed by atoms with Crippen molar-refractivity contribution in [2.24, 2.45) is 0 Å². The van der Waals surface area contributed by atoms with Gasteiger partial charge in [-0.05, 0) is 44.5 Å². The lowest BCUT2D eigenvalue weighted by Gasteiger charge is -2.23. The molecular formula is C13H17ClN4O. The Hall–Kier alpha value is -1.20. The van der Waals surface area contributed by atoms with Gasteiger partial charge in [0.15, 0.2) is 10.8 Å². The zero-order valence-corrected chi connectivity index (χ0v) is 11.5. The molecule has 5 nitrogen and oxygen atoms in total. The summed E-state index contributed by atoms with van der Waals surface area (Å²) in [6.45, 7) is 3.97. The monoisotopic (exact) mass is 280 g/mol. The minimum absolute atomic E-state index is 0.0362. The second kappa shape index (κ2) is 5.43. The van der Waals surface area contributed by atoms with Gasteiger partial charge in [-0.25, -0.2) is 0 Å². The number of likely N-dealkylation sites (tertiary alicyclic amines) is 2. The molecule has 0 bridgehead atoms. The van der Waals surface area contributed by atoms with Crippen LogP contribution in [-0.2, 0) is 0 Å². The number of halogens is 1. The summed E-state index contributed by atoms with van der Waals surface area (Å²) in [6.07, 6.45) is 3.63. The van der Waals surface area contributed by atoms with Crippen molar-refractivity contribution in [3.63, 3.8) is 0 Å². The van der Waals surface area contributed by atoms with Crippen LogP contribution in [0.3, 0.4) is 0 Å². The van der Waals surface area contributed by atoms with E-state index < -0.39 is 0 Å². The average molecular weight is 281 g/mol. The Morgan fingerprint density at radius 3 is 2.68 bits per heavy atom. The average Bonchev–Trinajstić information content (AvgIpc) is 3.10. The summed E-state index contributed by atoms with van der Waals surface area (Å²) in [5.74, 6) is -0.0362. The van der Waals surface area contributed by atoms with Gasteiger partial charge in [-0.1, -0.05) is 11.6 Å². The molecule has 2 fully saturated rings.